The molecule has 2 N–H and O–H groups in total. The number of carboxylic acid groups (broad SMARTS) is 1. The number of nitrogens with zero attached hydrogens (tertiary/aromatic N) is 1. The Bertz CT molecular complexity index is 629. The molecule has 0 spiro atoms. The molecule has 1 aromatic heterocycles. The average molecular weight is 336 g/mol. The highest BCUT2D eigenvalue weighted by Gasteiger charge is 2.35. The molecule has 1 atom stereocenters. The molecule has 0 unspecified atom stereocenters. The minimum Gasteiger partial charge on any atom is -0.475 e. The first kappa shape index (κ1) is 18.0. The summed E-state index contributed by atoms with van der Waals surface area (Å²) in [5.74, 6) is -1.19. The first-order chi connectivity index (χ1) is 11.2. The van der Waals surface area contributed by atoms with Gasteiger partial charge in [-0.15, -0.1) is 0 Å². The van der Waals surface area contributed by atoms with Gasteiger partial charge in [-0.25, -0.2) is 4.79 Å². The van der Waals surface area contributed by atoms with Gasteiger partial charge in [0.2, 0.25) is 17.6 Å². The molecule has 7 heteroatoms. The normalized spacial score (nSPS) is 17.8. The highest BCUT2D eigenvalue weighted by atomic mass is 16.4. The van der Waals surface area contributed by atoms with Gasteiger partial charge < -0.3 is 19.7 Å². The zero-order valence-corrected chi connectivity index (χ0v) is 14.3. The molecule has 2 amide bonds. The number of carboxylic acids is 1. The Kier molecular flexibility index (Phi) is 5.31. The fraction of sp³-hybridized carbons (Fsp3) is 0.588. The van der Waals surface area contributed by atoms with Crippen molar-refractivity contribution in [3.8, 4) is 0 Å². The number of hydrogen-bond acceptors (Lipinski definition) is 4. The Morgan fingerprint density at radius 1 is 1.33 bits per heavy atom. The van der Waals surface area contributed by atoms with Crippen LogP contribution in [0.25, 0.3) is 0 Å². The maximum Gasteiger partial charge on any atom is 0.371 e. The van der Waals surface area contributed by atoms with Gasteiger partial charge in [-0.1, -0.05) is 20.8 Å². The van der Waals surface area contributed by atoms with Crippen LogP contribution >= 0.6 is 0 Å². The molecule has 24 heavy (non-hydrogen) atoms. The molecule has 0 bridgehead atoms. The van der Waals surface area contributed by atoms with E-state index in [0.29, 0.717) is 25.1 Å². The lowest BCUT2D eigenvalue weighted by atomic mass is 9.91. The van der Waals surface area contributed by atoms with Crippen LogP contribution in [0, 0.1) is 5.41 Å². The fourth-order valence-electron chi connectivity index (χ4n) is 2.77. The van der Waals surface area contributed by atoms with Gasteiger partial charge in [0.25, 0.3) is 0 Å². The molecule has 1 aromatic rings. The molecule has 0 radical (unpaired) electrons. The molecule has 1 fully saturated rings. The quantitative estimate of drug-likeness (QED) is 0.857. The first-order valence-electron chi connectivity index (χ1n) is 8.06. The molecule has 7 nitrogen and oxygen atoms in total. The molecule has 2 heterocycles. The summed E-state index contributed by atoms with van der Waals surface area (Å²) in [7, 11) is 0. The van der Waals surface area contributed by atoms with Crippen molar-refractivity contribution in [2.45, 2.75) is 52.6 Å². The second-order valence-electron chi connectivity index (χ2n) is 7.27. The van der Waals surface area contributed by atoms with E-state index in [1.54, 1.807) is 4.90 Å². The monoisotopic (exact) mass is 336 g/mol. The number of amides is 2. The van der Waals surface area contributed by atoms with E-state index < -0.39 is 12.0 Å². The maximum atomic E-state index is 12.4. The van der Waals surface area contributed by atoms with Gasteiger partial charge >= 0.3 is 5.97 Å². The van der Waals surface area contributed by atoms with Crippen molar-refractivity contribution in [2.24, 2.45) is 5.41 Å². The van der Waals surface area contributed by atoms with Crippen molar-refractivity contribution >= 4 is 17.8 Å². The fourth-order valence-corrected chi connectivity index (χ4v) is 2.77. The van der Waals surface area contributed by atoms with Crippen LogP contribution in [0.15, 0.2) is 16.5 Å². The summed E-state index contributed by atoms with van der Waals surface area (Å²) in [6, 6.07) is 2.40. The van der Waals surface area contributed by atoms with Gasteiger partial charge in [0.1, 0.15) is 11.8 Å². The molecule has 2 rings (SSSR count). The van der Waals surface area contributed by atoms with Crippen LogP contribution in [-0.4, -0.2) is 40.4 Å². The van der Waals surface area contributed by atoms with E-state index >= 15 is 0 Å². The lowest BCUT2D eigenvalue weighted by molar-refractivity contribution is -0.139. The minimum atomic E-state index is -1.15. The smallest absolute Gasteiger partial charge is 0.371 e. The summed E-state index contributed by atoms with van der Waals surface area (Å²) in [5, 5.41) is 11.5. The van der Waals surface area contributed by atoms with E-state index in [1.807, 2.05) is 20.8 Å². The molecule has 1 aliphatic heterocycles. The van der Waals surface area contributed by atoms with E-state index in [2.05, 4.69) is 5.32 Å². The standard InChI is InChI=1S/C17H24N2O5/c1-17(2,3)9-14(20)19-8-4-5-12(19)15(21)18-10-11-6-7-13(24-11)16(22)23/h6-7,12H,4-5,8-10H2,1-3H3,(H,18,21)(H,22,23)/t12-/m0/s1. The third kappa shape index (κ3) is 4.59. The summed E-state index contributed by atoms with van der Waals surface area (Å²) in [4.78, 5) is 37.2. The number of rotatable bonds is 5. The molecular formula is C17H24N2O5. The largest absolute Gasteiger partial charge is 0.475 e. The van der Waals surface area contributed by atoms with Crippen molar-refractivity contribution < 1.29 is 23.9 Å². The number of nitrogens with one attached hydrogen (secondary N) is 1. The summed E-state index contributed by atoms with van der Waals surface area (Å²) in [6.07, 6.45) is 1.84. The highest BCUT2D eigenvalue weighted by Crippen LogP contribution is 2.25. The lowest BCUT2D eigenvalue weighted by Crippen LogP contribution is -2.46. The van der Waals surface area contributed by atoms with Crippen LogP contribution in [-0.2, 0) is 16.1 Å². The Balaban J connectivity index is 1.92. The molecule has 1 aliphatic rings. The van der Waals surface area contributed by atoms with E-state index in [9.17, 15) is 14.4 Å². The topological polar surface area (TPSA) is 99.9 Å². The van der Waals surface area contributed by atoms with Crippen LogP contribution < -0.4 is 5.32 Å². The van der Waals surface area contributed by atoms with Gasteiger partial charge in [0.05, 0.1) is 6.54 Å². The Morgan fingerprint density at radius 2 is 2.04 bits per heavy atom. The zero-order chi connectivity index (χ0) is 17.9. The molecule has 0 aliphatic carbocycles. The number of carbonyl (C=O) groups excluding carboxylic acids is 2. The summed E-state index contributed by atoms with van der Waals surface area (Å²) in [6.45, 7) is 6.67. The van der Waals surface area contributed by atoms with E-state index in [-0.39, 0.29) is 29.5 Å². The van der Waals surface area contributed by atoms with Crippen LogP contribution in [0.5, 0.6) is 0 Å². The number of likely N-dealkylation sites (tertiary alicyclic amines) is 1. The summed E-state index contributed by atoms with van der Waals surface area (Å²) >= 11 is 0. The predicted octanol–water partition coefficient (Wildman–Crippen LogP) is 2.02. The van der Waals surface area contributed by atoms with Crippen molar-refractivity contribution in [2.75, 3.05) is 6.54 Å². The Hall–Kier alpha value is -2.31. The van der Waals surface area contributed by atoms with Crippen molar-refractivity contribution in [3.63, 3.8) is 0 Å². The summed E-state index contributed by atoms with van der Waals surface area (Å²) < 4.78 is 5.10. The van der Waals surface area contributed by atoms with Crippen molar-refractivity contribution in [3.05, 3.63) is 23.7 Å². The van der Waals surface area contributed by atoms with Gasteiger partial charge in [-0.2, -0.15) is 0 Å². The van der Waals surface area contributed by atoms with E-state index in [0.717, 1.165) is 6.42 Å². The lowest BCUT2D eigenvalue weighted by Gasteiger charge is -2.27. The third-order valence-electron chi connectivity index (χ3n) is 3.87. The Morgan fingerprint density at radius 3 is 2.62 bits per heavy atom. The van der Waals surface area contributed by atoms with Gasteiger partial charge in [-0.05, 0) is 30.4 Å². The first-order valence-corrected chi connectivity index (χ1v) is 8.06. The summed E-state index contributed by atoms with van der Waals surface area (Å²) in [5.41, 5.74) is -0.123. The van der Waals surface area contributed by atoms with Crippen LogP contribution in [0.2, 0.25) is 0 Å². The Labute approximate surface area is 141 Å². The van der Waals surface area contributed by atoms with Crippen LogP contribution in [0.1, 0.15) is 56.3 Å². The molecular weight excluding hydrogens is 312 g/mol. The SMILES string of the molecule is CC(C)(C)CC(=O)N1CCC[C@H]1C(=O)NCc1ccc(C(=O)O)o1. The van der Waals surface area contributed by atoms with E-state index in [1.165, 1.54) is 12.1 Å². The average Bonchev–Trinajstić information content (AvgIpc) is 3.12. The van der Waals surface area contributed by atoms with Gasteiger partial charge in [0, 0.05) is 13.0 Å². The van der Waals surface area contributed by atoms with Crippen LogP contribution in [0.4, 0.5) is 0 Å². The van der Waals surface area contributed by atoms with Crippen molar-refractivity contribution in [1.29, 1.82) is 0 Å². The highest BCUT2D eigenvalue weighted by molar-refractivity contribution is 5.88. The number of carbonyl (C=O) groups is 3. The molecule has 0 saturated carbocycles. The predicted molar refractivity (Wildman–Crippen MR) is 86.3 cm³/mol. The molecule has 132 valence electrons. The molecule has 1 saturated heterocycles. The third-order valence-corrected chi connectivity index (χ3v) is 3.87. The number of furan rings is 1. The van der Waals surface area contributed by atoms with Crippen LogP contribution in [0.3, 0.4) is 0 Å². The van der Waals surface area contributed by atoms with E-state index in [4.69, 9.17) is 9.52 Å². The molecule has 0 aromatic carbocycles. The van der Waals surface area contributed by atoms with Crippen molar-refractivity contribution in [1.82, 2.24) is 10.2 Å². The number of aromatic carboxylic acids is 1. The maximum absolute atomic E-state index is 12.4. The minimum absolute atomic E-state index is 0.00804. The second-order valence-corrected chi connectivity index (χ2v) is 7.27. The van der Waals surface area contributed by atoms with Gasteiger partial charge in [-0.3, -0.25) is 9.59 Å². The second kappa shape index (κ2) is 7.07. The zero-order valence-electron chi connectivity index (χ0n) is 14.3. The van der Waals surface area contributed by atoms with Gasteiger partial charge in [0.15, 0.2) is 0 Å². The number of hydrogen-bond donors (Lipinski definition) is 2.